The van der Waals surface area contributed by atoms with Crippen LogP contribution in [0.4, 0.5) is 5.69 Å². The molecule has 126 valence electrons. The number of amides is 1. The third-order valence-corrected chi connectivity index (χ3v) is 4.10. The van der Waals surface area contributed by atoms with E-state index in [1.54, 1.807) is 24.3 Å². The van der Waals surface area contributed by atoms with Crippen LogP contribution in [0.3, 0.4) is 0 Å². The van der Waals surface area contributed by atoms with Gasteiger partial charge in [-0.05, 0) is 30.7 Å². The minimum absolute atomic E-state index is 0.217. The van der Waals surface area contributed by atoms with Gasteiger partial charge in [0, 0.05) is 16.7 Å². The molecule has 0 unspecified atom stereocenters. The van der Waals surface area contributed by atoms with Crippen LogP contribution < -0.4 is 10.1 Å². The van der Waals surface area contributed by atoms with E-state index in [0.717, 1.165) is 11.1 Å². The molecule has 0 bridgehead atoms. The first-order valence-electron chi connectivity index (χ1n) is 7.63. The maximum atomic E-state index is 12.4. The number of hydrogen-bond acceptors (Lipinski definition) is 4. The molecule has 25 heavy (non-hydrogen) atoms. The van der Waals surface area contributed by atoms with Crippen molar-refractivity contribution in [1.82, 2.24) is 10.2 Å². The first-order chi connectivity index (χ1) is 12.1. The van der Waals surface area contributed by atoms with E-state index in [1.165, 1.54) is 7.11 Å². The summed E-state index contributed by atoms with van der Waals surface area (Å²) in [6.07, 6.45) is 0. The quantitative estimate of drug-likeness (QED) is 0.756. The van der Waals surface area contributed by atoms with Crippen LogP contribution in [0, 0.1) is 6.92 Å². The molecule has 0 saturated heterocycles. The molecule has 0 spiro atoms. The Morgan fingerprint density at radius 1 is 1.08 bits per heavy atom. The van der Waals surface area contributed by atoms with Crippen LogP contribution in [0.25, 0.3) is 11.3 Å². The van der Waals surface area contributed by atoms with Gasteiger partial charge in [-0.15, -0.1) is 10.2 Å². The van der Waals surface area contributed by atoms with Gasteiger partial charge in [0.1, 0.15) is 5.75 Å². The molecule has 1 N–H and O–H groups in total. The van der Waals surface area contributed by atoms with Crippen molar-refractivity contribution >= 4 is 23.2 Å². The molecule has 6 heteroatoms. The number of hydrogen-bond donors (Lipinski definition) is 1. The SMILES string of the molecule is COc1cc(Cl)c(C)cc1NC(=O)c1ccc(-c2ccccc2)nn1. The van der Waals surface area contributed by atoms with Gasteiger partial charge in [-0.2, -0.15) is 0 Å². The number of rotatable bonds is 4. The van der Waals surface area contributed by atoms with Crippen LogP contribution >= 0.6 is 11.6 Å². The molecule has 0 aliphatic carbocycles. The topological polar surface area (TPSA) is 64.1 Å². The van der Waals surface area contributed by atoms with Crippen LogP contribution in [-0.4, -0.2) is 23.2 Å². The van der Waals surface area contributed by atoms with E-state index in [0.29, 0.717) is 22.2 Å². The van der Waals surface area contributed by atoms with Crippen LogP contribution in [0.15, 0.2) is 54.6 Å². The molecule has 0 saturated carbocycles. The molecule has 1 heterocycles. The van der Waals surface area contributed by atoms with Crippen molar-refractivity contribution in [3.63, 3.8) is 0 Å². The van der Waals surface area contributed by atoms with Gasteiger partial charge in [-0.3, -0.25) is 4.79 Å². The maximum absolute atomic E-state index is 12.4. The van der Waals surface area contributed by atoms with Crippen LogP contribution in [0.1, 0.15) is 16.1 Å². The predicted octanol–water partition coefficient (Wildman–Crippen LogP) is 4.37. The fraction of sp³-hybridized carbons (Fsp3) is 0.105. The van der Waals surface area contributed by atoms with Crippen molar-refractivity contribution in [2.45, 2.75) is 6.92 Å². The monoisotopic (exact) mass is 353 g/mol. The lowest BCUT2D eigenvalue weighted by molar-refractivity contribution is 0.102. The van der Waals surface area contributed by atoms with E-state index >= 15 is 0 Å². The normalized spacial score (nSPS) is 10.4. The number of aromatic nitrogens is 2. The first kappa shape index (κ1) is 16.9. The second-order valence-electron chi connectivity index (χ2n) is 5.43. The fourth-order valence-corrected chi connectivity index (χ4v) is 2.49. The summed E-state index contributed by atoms with van der Waals surface area (Å²) in [5.74, 6) is 0.116. The maximum Gasteiger partial charge on any atom is 0.276 e. The molecule has 1 amide bonds. The molecule has 0 fully saturated rings. The molecule has 2 aromatic carbocycles. The number of halogens is 1. The number of carbonyl (C=O) groups is 1. The summed E-state index contributed by atoms with van der Waals surface area (Å²) in [5.41, 5.74) is 3.23. The Kier molecular flexibility index (Phi) is 4.95. The van der Waals surface area contributed by atoms with Crippen molar-refractivity contribution in [2.24, 2.45) is 0 Å². The van der Waals surface area contributed by atoms with Gasteiger partial charge in [-0.1, -0.05) is 41.9 Å². The lowest BCUT2D eigenvalue weighted by Gasteiger charge is -2.12. The van der Waals surface area contributed by atoms with Gasteiger partial charge in [0.2, 0.25) is 0 Å². The largest absolute Gasteiger partial charge is 0.495 e. The average molecular weight is 354 g/mol. The average Bonchev–Trinajstić information content (AvgIpc) is 2.65. The predicted molar refractivity (Wildman–Crippen MR) is 98.2 cm³/mol. The van der Waals surface area contributed by atoms with Gasteiger partial charge in [-0.25, -0.2) is 0 Å². The summed E-state index contributed by atoms with van der Waals surface area (Å²) >= 11 is 6.08. The second kappa shape index (κ2) is 7.32. The summed E-state index contributed by atoms with van der Waals surface area (Å²) in [6, 6.07) is 16.5. The number of benzene rings is 2. The molecule has 3 aromatic rings. The van der Waals surface area contributed by atoms with E-state index in [2.05, 4.69) is 15.5 Å². The number of methoxy groups -OCH3 is 1. The summed E-state index contributed by atoms with van der Waals surface area (Å²) < 4.78 is 5.26. The van der Waals surface area contributed by atoms with Crippen molar-refractivity contribution in [3.05, 3.63) is 70.9 Å². The Morgan fingerprint density at radius 2 is 1.84 bits per heavy atom. The first-order valence-corrected chi connectivity index (χ1v) is 8.01. The van der Waals surface area contributed by atoms with Crippen molar-refractivity contribution in [2.75, 3.05) is 12.4 Å². The number of nitrogens with zero attached hydrogens (tertiary/aromatic N) is 2. The molecular weight excluding hydrogens is 338 g/mol. The summed E-state index contributed by atoms with van der Waals surface area (Å²) in [5, 5.41) is 11.5. The van der Waals surface area contributed by atoms with Crippen molar-refractivity contribution in [3.8, 4) is 17.0 Å². The number of carbonyl (C=O) groups excluding carboxylic acids is 1. The Labute approximate surface area is 150 Å². The zero-order chi connectivity index (χ0) is 17.8. The highest BCUT2D eigenvalue weighted by molar-refractivity contribution is 6.31. The molecule has 5 nitrogen and oxygen atoms in total. The highest BCUT2D eigenvalue weighted by Gasteiger charge is 2.13. The number of anilines is 1. The molecule has 0 aliphatic rings. The molecule has 0 atom stereocenters. The summed E-state index contributed by atoms with van der Waals surface area (Å²) in [6.45, 7) is 1.85. The highest BCUT2D eigenvalue weighted by atomic mass is 35.5. The van der Waals surface area contributed by atoms with Crippen LogP contribution in [0.2, 0.25) is 5.02 Å². The van der Waals surface area contributed by atoms with Gasteiger partial charge >= 0.3 is 0 Å². The van der Waals surface area contributed by atoms with Crippen molar-refractivity contribution in [1.29, 1.82) is 0 Å². The summed E-state index contributed by atoms with van der Waals surface area (Å²) in [4.78, 5) is 12.4. The zero-order valence-electron chi connectivity index (χ0n) is 13.8. The number of nitrogens with one attached hydrogen (secondary N) is 1. The summed E-state index contributed by atoms with van der Waals surface area (Å²) in [7, 11) is 1.52. The van der Waals surface area contributed by atoms with Gasteiger partial charge in [0.25, 0.3) is 5.91 Å². The van der Waals surface area contributed by atoms with E-state index in [1.807, 2.05) is 37.3 Å². The Morgan fingerprint density at radius 3 is 2.48 bits per heavy atom. The standard InChI is InChI=1S/C19H16ClN3O2/c1-12-10-17(18(25-2)11-14(12)20)21-19(24)16-9-8-15(22-23-16)13-6-4-3-5-7-13/h3-11H,1-2H3,(H,21,24). The van der Waals surface area contributed by atoms with E-state index < -0.39 is 0 Å². The highest BCUT2D eigenvalue weighted by Crippen LogP contribution is 2.31. The molecule has 1 aromatic heterocycles. The van der Waals surface area contributed by atoms with E-state index in [-0.39, 0.29) is 11.6 Å². The number of ether oxygens (including phenoxy) is 1. The Balaban J connectivity index is 1.81. The minimum atomic E-state index is -0.368. The van der Waals surface area contributed by atoms with E-state index in [9.17, 15) is 4.79 Å². The fourth-order valence-electron chi connectivity index (χ4n) is 2.33. The third-order valence-electron chi connectivity index (χ3n) is 3.70. The molecule has 3 rings (SSSR count). The van der Waals surface area contributed by atoms with Crippen molar-refractivity contribution < 1.29 is 9.53 Å². The molecular formula is C19H16ClN3O2. The van der Waals surface area contributed by atoms with Crippen LogP contribution in [0.5, 0.6) is 5.75 Å². The molecule has 0 aliphatic heterocycles. The third kappa shape index (κ3) is 3.78. The lowest BCUT2D eigenvalue weighted by atomic mass is 10.1. The Bertz CT molecular complexity index is 897. The lowest BCUT2D eigenvalue weighted by Crippen LogP contribution is -2.15. The van der Waals surface area contributed by atoms with Crippen LogP contribution in [-0.2, 0) is 0 Å². The van der Waals surface area contributed by atoms with Gasteiger partial charge in [0.05, 0.1) is 18.5 Å². The smallest absolute Gasteiger partial charge is 0.276 e. The zero-order valence-corrected chi connectivity index (χ0v) is 14.5. The second-order valence-corrected chi connectivity index (χ2v) is 5.83. The molecule has 0 radical (unpaired) electrons. The Hall–Kier alpha value is -2.92. The number of aryl methyl sites for hydroxylation is 1. The van der Waals surface area contributed by atoms with Gasteiger partial charge in [0.15, 0.2) is 5.69 Å². The minimum Gasteiger partial charge on any atom is -0.495 e. The van der Waals surface area contributed by atoms with E-state index in [4.69, 9.17) is 16.3 Å². The van der Waals surface area contributed by atoms with Gasteiger partial charge < -0.3 is 10.1 Å².